The lowest BCUT2D eigenvalue weighted by atomic mass is 10.1. The highest BCUT2D eigenvalue weighted by molar-refractivity contribution is 6.30. The van der Waals surface area contributed by atoms with E-state index in [-0.39, 0.29) is 5.82 Å². The van der Waals surface area contributed by atoms with Gasteiger partial charge in [-0.2, -0.15) is 5.26 Å². The first-order valence-corrected chi connectivity index (χ1v) is 5.69. The Morgan fingerprint density at radius 3 is 2.56 bits per heavy atom. The predicted molar refractivity (Wildman–Crippen MR) is 70.6 cm³/mol. The van der Waals surface area contributed by atoms with E-state index in [1.807, 2.05) is 0 Å². The smallest absolute Gasteiger partial charge is 0.146 e. The van der Waals surface area contributed by atoms with Crippen molar-refractivity contribution in [3.8, 4) is 6.07 Å². The highest BCUT2D eigenvalue weighted by Gasteiger charge is 2.12. The largest absolute Gasteiger partial charge is 0.341 e. The van der Waals surface area contributed by atoms with Gasteiger partial charge in [-0.05, 0) is 30.3 Å². The maximum absolute atomic E-state index is 13.7. The molecule has 0 aliphatic rings. The molecule has 0 spiro atoms. The Balaban J connectivity index is 2.53. The number of nitriles is 1. The lowest BCUT2D eigenvalue weighted by molar-refractivity contribution is 0.627. The zero-order valence-electron chi connectivity index (χ0n) is 9.69. The summed E-state index contributed by atoms with van der Waals surface area (Å²) < 4.78 is 13.7. The summed E-state index contributed by atoms with van der Waals surface area (Å²) in [6.45, 7) is 0. The van der Waals surface area contributed by atoms with Gasteiger partial charge < -0.3 is 4.90 Å². The Morgan fingerprint density at radius 1 is 1.17 bits per heavy atom. The van der Waals surface area contributed by atoms with Gasteiger partial charge in [-0.15, -0.1) is 0 Å². The third-order valence-corrected chi connectivity index (χ3v) is 2.89. The second-order valence-corrected chi connectivity index (χ2v) is 4.22. The van der Waals surface area contributed by atoms with Crippen LogP contribution in [0.25, 0.3) is 0 Å². The minimum absolute atomic E-state index is 0.344. The molecule has 2 nitrogen and oxygen atoms in total. The lowest BCUT2D eigenvalue weighted by Crippen LogP contribution is -2.12. The van der Waals surface area contributed by atoms with Crippen LogP contribution in [0.5, 0.6) is 0 Å². The van der Waals surface area contributed by atoms with E-state index in [9.17, 15) is 4.39 Å². The number of nitrogens with zero attached hydrogens (tertiary/aromatic N) is 2. The number of anilines is 2. The third kappa shape index (κ3) is 2.29. The van der Waals surface area contributed by atoms with Crippen LogP contribution in [0.2, 0.25) is 5.02 Å². The van der Waals surface area contributed by atoms with Crippen molar-refractivity contribution in [3.05, 3.63) is 58.9 Å². The van der Waals surface area contributed by atoms with Crippen LogP contribution in [0, 0.1) is 17.1 Å². The first-order valence-electron chi connectivity index (χ1n) is 5.31. The predicted octanol–water partition coefficient (Wildman–Crippen LogP) is 4.12. The van der Waals surface area contributed by atoms with Crippen LogP contribution in [0.4, 0.5) is 15.8 Å². The van der Waals surface area contributed by atoms with E-state index in [4.69, 9.17) is 16.9 Å². The topological polar surface area (TPSA) is 27.0 Å². The Kier molecular flexibility index (Phi) is 3.50. The van der Waals surface area contributed by atoms with Gasteiger partial charge in [0, 0.05) is 12.1 Å². The molecule has 0 N–H and O–H groups in total. The second kappa shape index (κ2) is 5.07. The molecule has 0 bridgehead atoms. The molecule has 4 heteroatoms. The van der Waals surface area contributed by atoms with Crippen molar-refractivity contribution in [2.45, 2.75) is 0 Å². The fourth-order valence-electron chi connectivity index (χ4n) is 1.73. The summed E-state index contributed by atoms with van der Waals surface area (Å²) in [6, 6.07) is 13.4. The van der Waals surface area contributed by atoms with Crippen molar-refractivity contribution >= 4 is 23.0 Å². The average molecular weight is 261 g/mol. The molecule has 0 atom stereocenters. The number of para-hydroxylation sites is 1. The molecule has 2 aromatic carbocycles. The number of hydrogen-bond donors (Lipinski definition) is 0. The van der Waals surface area contributed by atoms with Gasteiger partial charge in [0.25, 0.3) is 0 Å². The van der Waals surface area contributed by atoms with Crippen LogP contribution in [-0.4, -0.2) is 7.05 Å². The molecule has 0 aliphatic heterocycles. The Morgan fingerprint density at radius 2 is 1.89 bits per heavy atom. The number of halogens is 2. The average Bonchev–Trinajstić information content (AvgIpc) is 2.38. The number of hydrogen-bond acceptors (Lipinski definition) is 2. The first kappa shape index (κ1) is 12.4. The third-order valence-electron chi connectivity index (χ3n) is 2.66. The van der Waals surface area contributed by atoms with Gasteiger partial charge in [0.05, 0.1) is 16.9 Å². The van der Waals surface area contributed by atoms with Crippen molar-refractivity contribution in [2.24, 2.45) is 0 Å². The van der Waals surface area contributed by atoms with E-state index in [0.29, 0.717) is 22.0 Å². The van der Waals surface area contributed by atoms with E-state index >= 15 is 0 Å². The van der Waals surface area contributed by atoms with Gasteiger partial charge in [0.1, 0.15) is 11.9 Å². The molecular weight excluding hydrogens is 251 g/mol. The molecule has 0 aliphatic carbocycles. The molecule has 0 fully saturated rings. The maximum atomic E-state index is 13.7. The minimum atomic E-state index is -0.344. The molecule has 0 unspecified atom stereocenters. The van der Waals surface area contributed by atoms with Gasteiger partial charge >= 0.3 is 0 Å². The van der Waals surface area contributed by atoms with Gasteiger partial charge in [0.15, 0.2) is 0 Å². The van der Waals surface area contributed by atoms with Crippen LogP contribution >= 0.6 is 11.6 Å². The van der Waals surface area contributed by atoms with Crippen LogP contribution in [0.15, 0.2) is 42.5 Å². The SMILES string of the molecule is CN(c1ccccc1F)c1cc(Cl)ccc1C#N. The fraction of sp³-hybridized carbons (Fsp3) is 0.0714. The highest BCUT2D eigenvalue weighted by Crippen LogP contribution is 2.30. The zero-order chi connectivity index (χ0) is 13.1. The molecule has 0 saturated heterocycles. The summed E-state index contributed by atoms with van der Waals surface area (Å²) >= 11 is 5.92. The molecule has 2 aromatic rings. The van der Waals surface area contributed by atoms with Gasteiger partial charge in [-0.1, -0.05) is 23.7 Å². The van der Waals surface area contributed by atoms with Crippen LogP contribution in [0.1, 0.15) is 5.56 Å². The molecule has 2 rings (SSSR count). The Labute approximate surface area is 110 Å². The standard InChI is InChI=1S/C14H10ClFN2/c1-18(13-5-3-2-4-12(13)16)14-8-11(15)7-6-10(14)9-17/h2-8H,1H3. The van der Waals surface area contributed by atoms with E-state index < -0.39 is 0 Å². The highest BCUT2D eigenvalue weighted by atomic mass is 35.5. The van der Waals surface area contributed by atoms with Crippen molar-refractivity contribution in [1.29, 1.82) is 5.26 Å². The molecule has 0 aromatic heterocycles. The molecule has 90 valence electrons. The number of benzene rings is 2. The first-order chi connectivity index (χ1) is 8.63. The summed E-state index contributed by atoms with van der Waals surface area (Å²) in [5.41, 5.74) is 1.43. The zero-order valence-corrected chi connectivity index (χ0v) is 10.4. The van der Waals surface area contributed by atoms with E-state index in [0.717, 1.165) is 0 Å². The van der Waals surface area contributed by atoms with E-state index in [1.54, 1.807) is 48.3 Å². The number of rotatable bonds is 2. The quantitative estimate of drug-likeness (QED) is 0.812. The summed E-state index contributed by atoms with van der Waals surface area (Å²) in [4.78, 5) is 1.61. The van der Waals surface area contributed by atoms with Crippen LogP contribution in [-0.2, 0) is 0 Å². The summed E-state index contributed by atoms with van der Waals surface area (Å²) in [7, 11) is 1.70. The normalized spacial score (nSPS) is 9.89. The Hall–Kier alpha value is -2.05. The molecule has 0 radical (unpaired) electrons. The van der Waals surface area contributed by atoms with Crippen molar-refractivity contribution in [1.82, 2.24) is 0 Å². The van der Waals surface area contributed by atoms with Gasteiger partial charge in [-0.25, -0.2) is 4.39 Å². The molecular formula is C14H10ClFN2. The van der Waals surface area contributed by atoms with Crippen LogP contribution in [0.3, 0.4) is 0 Å². The van der Waals surface area contributed by atoms with Crippen LogP contribution < -0.4 is 4.90 Å². The summed E-state index contributed by atoms with van der Waals surface area (Å²) in [5.74, 6) is -0.344. The molecule has 0 heterocycles. The van der Waals surface area contributed by atoms with Crippen molar-refractivity contribution in [2.75, 3.05) is 11.9 Å². The van der Waals surface area contributed by atoms with Crippen molar-refractivity contribution in [3.63, 3.8) is 0 Å². The molecule has 0 amide bonds. The van der Waals surface area contributed by atoms with Crippen molar-refractivity contribution < 1.29 is 4.39 Å². The second-order valence-electron chi connectivity index (χ2n) is 3.78. The van der Waals surface area contributed by atoms with E-state index in [1.165, 1.54) is 6.07 Å². The van der Waals surface area contributed by atoms with Gasteiger partial charge in [-0.3, -0.25) is 0 Å². The maximum Gasteiger partial charge on any atom is 0.146 e. The minimum Gasteiger partial charge on any atom is -0.341 e. The van der Waals surface area contributed by atoms with Gasteiger partial charge in [0.2, 0.25) is 0 Å². The summed E-state index contributed by atoms with van der Waals surface area (Å²) in [5, 5.41) is 9.57. The monoisotopic (exact) mass is 260 g/mol. The molecule has 0 saturated carbocycles. The lowest BCUT2D eigenvalue weighted by Gasteiger charge is -2.21. The van der Waals surface area contributed by atoms with E-state index in [2.05, 4.69) is 6.07 Å². The molecule has 18 heavy (non-hydrogen) atoms. The summed E-state index contributed by atoms with van der Waals surface area (Å²) in [6.07, 6.45) is 0. The Bertz CT molecular complexity index is 619. The fourth-order valence-corrected chi connectivity index (χ4v) is 1.90.